The fourth-order valence-electron chi connectivity index (χ4n) is 1.48. The molecule has 1 rings (SSSR count). The lowest BCUT2D eigenvalue weighted by molar-refractivity contribution is 0.238. The first kappa shape index (κ1) is 15.5. The Hall–Kier alpha value is -1.56. The minimum absolute atomic E-state index is 0.0806. The van der Waals surface area contributed by atoms with Crippen LogP contribution in [0.5, 0.6) is 0 Å². The molecule has 6 heteroatoms. The summed E-state index contributed by atoms with van der Waals surface area (Å²) < 4.78 is 23.2. The third-order valence-corrected chi connectivity index (χ3v) is 4.29. The summed E-state index contributed by atoms with van der Waals surface area (Å²) in [6.45, 7) is 5.74. The van der Waals surface area contributed by atoms with Gasteiger partial charge in [-0.15, -0.1) is 0 Å². The number of hydrogen-bond acceptors (Lipinski definition) is 3. The van der Waals surface area contributed by atoms with Gasteiger partial charge in [0, 0.05) is 12.6 Å². The van der Waals surface area contributed by atoms with Crippen molar-refractivity contribution in [3.63, 3.8) is 0 Å². The lowest BCUT2D eigenvalue weighted by Gasteiger charge is -2.10. The van der Waals surface area contributed by atoms with E-state index in [1.54, 1.807) is 31.2 Å². The van der Waals surface area contributed by atoms with Gasteiger partial charge in [0.2, 0.25) is 0 Å². The number of hydrogen-bond donors (Lipinski definition) is 2. The molecule has 0 saturated heterocycles. The molecule has 19 heavy (non-hydrogen) atoms. The van der Waals surface area contributed by atoms with Gasteiger partial charge < -0.3 is 10.6 Å². The normalized spacial score (nSPS) is 11.4. The average Bonchev–Trinajstić information content (AvgIpc) is 2.36. The summed E-state index contributed by atoms with van der Waals surface area (Å²) in [5.41, 5.74) is 0.856. The van der Waals surface area contributed by atoms with E-state index in [1.165, 1.54) is 0 Å². The van der Waals surface area contributed by atoms with E-state index in [0.29, 0.717) is 11.4 Å². The van der Waals surface area contributed by atoms with Crippen LogP contribution in [0.2, 0.25) is 0 Å². The Kier molecular flexibility index (Phi) is 5.35. The average molecular weight is 284 g/mol. The highest BCUT2D eigenvalue weighted by molar-refractivity contribution is 7.91. The van der Waals surface area contributed by atoms with E-state index in [-0.39, 0.29) is 17.8 Å². The zero-order valence-corrected chi connectivity index (χ0v) is 12.3. The maximum absolute atomic E-state index is 11.6. The second-order valence-electron chi connectivity index (χ2n) is 4.53. The van der Waals surface area contributed by atoms with Gasteiger partial charge in [0.1, 0.15) is 0 Å². The van der Waals surface area contributed by atoms with Crippen LogP contribution in [-0.2, 0) is 16.4 Å². The molecular weight excluding hydrogens is 264 g/mol. The monoisotopic (exact) mass is 284 g/mol. The van der Waals surface area contributed by atoms with Crippen LogP contribution < -0.4 is 10.6 Å². The Balaban J connectivity index is 2.61. The van der Waals surface area contributed by atoms with Gasteiger partial charge in [-0.2, -0.15) is 0 Å². The fourth-order valence-corrected chi connectivity index (χ4v) is 2.36. The standard InChI is InChI=1S/C13H20N2O3S/c1-4-19(17,18)12-7-5-11(6-8-12)9-14-13(16)15-10(2)3/h5-8,10H,4,9H2,1-3H3,(H2,14,15,16). The highest BCUT2D eigenvalue weighted by Gasteiger charge is 2.10. The molecule has 2 amide bonds. The molecule has 0 saturated carbocycles. The molecule has 0 aliphatic carbocycles. The molecule has 0 unspecified atom stereocenters. The van der Waals surface area contributed by atoms with Crippen LogP contribution in [0.3, 0.4) is 0 Å². The summed E-state index contributed by atoms with van der Waals surface area (Å²) in [7, 11) is -3.16. The van der Waals surface area contributed by atoms with Gasteiger partial charge in [-0.1, -0.05) is 19.1 Å². The van der Waals surface area contributed by atoms with Crippen molar-refractivity contribution in [1.82, 2.24) is 10.6 Å². The highest BCUT2D eigenvalue weighted by atomic mass is 32.2. The van der Waals surface area contributed by atoms with Crippen molar-refractivity contribution >= 4 is 15.9 Å². The van der Waals surface area contributed by atoms with Crippen LogP contribution in [0, 0.1) is 0 Å². The maximum atomic E-state index is 11.6. The summed E-state index contributed by atoms with van der Waals surface area (Å²) in [5.74, 6) is 0.0847. The minimum Gasteiger partial charge on any atom is -0.336 e. The van der Waals surface area contributed by atoms with Crippen molar-refractivity contribution in [2.45, 2.75) is 38.3 Å². The molecule has 0 atom stereocenters. The van der Waals surface area contributed by atoms with E-state index in [4.69, 9.17) is 0 Å². The second-order valence-corrected chi connectivity index (χ2v) is 6.81. The van der Waals surface area contributed by atoms with Gasteiger partial charge in [0.05, 0.1) is 10.6 Å². The molecule has 0 aliphatic rings. The number of urea groups is 1. The summed E-state index contributed by atoms with van der Waals surface area (Å²) in [5, 5.41) is 5.41. The molecule has 0 fully saturated rings. The zero-order valence-electron chi connectivity index (χ0n) is 11.4. The van der Waals surface area contributed by atoms with E-state index in [1.807, 2.05) is 13.8 Å². The van der Waals surface area contributed by atoms with Gasteiger partial charge in [-0.05, 0) is 31.5 Å². The quantitative estimate of drug-likeness (QED) is 0.864. The fraction of sp³-hybridized carbons (Fsp3) is 0.462. The van der Waals surface area contributed by atoms with Crippen molar-refractivity contribution in [2.75, 3.05) is 5.75 Å². The molecule has 2 N–H and O–H groups in total. The SMILES string of the molecule is CCS(=O)(=O)c1ccc(CNC(=O)NC(C)C)cc1. The van der Waals surface area contributed by atoms with E-state index >= 15 is 0 Å². The summed E-state index contributed by atoms with van der Waals surface area (Å²) in [4.78, 5) is 11.7. The Labute approximate surface area is 114 Å². The molecular formula is C13H20N2O3S. The smallest absolute Gasteiger partial charge is 0.315 e. The third kappa shape index (κ3) is 4.90. The summed E-state index contributed by atoms with van der Waals surface area (Å²) in [6.07, 6.45) is 0. The predicted molar refractivity (Wildman–Crippen MR) is 74.7 cm³/mol. The van der Waals surface area contributed by atoms with Gasteiger partial charge in [0.15, 0.2) is 9.84 Å². The summed E-state index contributed by atoms with van der Waals surface area (Å²) >= 11 is 0. The Morgan fingerprint density at radius 3 is 2.26 bits per heavy atom. The van der Waals surface area contributed by atoms with E-state index in [9.17, 15) is 13.2 Å². The van der Waals surface area contributed by atoms with Crippen molar-refractivity contribution in [3.8, 4) is 0 Å². The van der Waals surface area contributed by atoms with Gasteiger partial charge in [-0.3, -0.25) is 0 Å². The molecule has 0 radical (unpaired) electrons. The third-order valence-electron chi connectivity index (χ3n) is 2.54. The summed E-state index contributed by atoms with van der Waals surface area (Å²) in [6, 6.07) is 6.39. The first-order chi connectivity index (χ1) is 8.85. The van der Waals surface area contributed by atoms with Crippen molar-refractivity contribution < 1.29 is 13.2 Å². The minimum atomic E-state index is -3.16. The number of sulfone groups is 1. The first-order valence-electron chi connectivity index (χ1n) is 6.21. The van der Waals surface area contributed by atoms with Crippen LogP contribution in [0.4, 0.5) is 4.79 Å². The topological polar surface area (TPSA) is 75.3 Å². The van der Waals surface area contributed by atoms with Crippen LogP contribution in [0.15, 0.2) is 29.2 Å². The Morgan fingerprint density at radius 2 is 1.79 bits per heavy atom. The Morgan fingerprint density at radius 1 is 1.21 bits per heavy atom. The van der Waals surface area contributed by atoms with Crippen LogP contribution in [0.25, 0.3) is 0 Å². The van der Waals surface area contributed by atoms with Crippen molar-refractivity contribution in [2.24, 2.45) is 0 Å². The largest absolute Gasteiger partial charge is 0.336 e. The predicted octanol–water partition coefficient (Wildman–Crippen LogP) is 1.69. The number of carbonyl (C=O) groups excluding carboxylic acids is 1. The number of carbonyl (C=O) groups is 1. The second kappa shape index (κ2) is 6.56. The molecule has 0 heterocycles. The molecule has 106 valence electrons. The van der Waals surface area contributed by atoms with Crippen molar-refractivity contribution in [1.29, 1.82) is 0 Å². The van der Waals surface area contributed by atoms with Gasteiger partial charge in [0.25, 0.3) is 0 Å². The maximum Gasteiger partial charge on any atom is 0.315 e. The van der Waals surface area contributed by atoms with Crippen LogP contribution >= 0.6 is 0 Å². The molecule has 0 bridgehead atoms. The molecule has 0 spiro atoms. The van der Waals surface area contributed by atoms with Gasteiger partial charge >= 0.3 is 6.03 Å². The number of rotatable bonds is 5. The van der Waals surface area contributed by atoms with Gasteiger partial charge in [-0.25, -0.2) is 13.2 Å². The molecule has 1 aromatic carbocycles. The van der Waals surface area contributed by atoms with E-state index < -0.39 is 9.84 Å². The number of amides is 2. The molecule has 0 aromatic heterocycles. The number of benzene rings is 1. The zero-order chi connectivity index (χ0) is 14.5. The highest BCUT2D eigenvalue weighted by Crippen LogP contribution is 2.12. The molecule has 0 aliphatic heterocycles. The lowest BCUT2D eigenvalue weighted by atomic mass is 10.2. The van der Waals surface area contributed by atoms with Crippen LogP contribution in [0.1, 0.15) is 26.3 Å². The van der Waals surface area contributed by atoms with Crippen molar-refractivity contribution in [3.05, 3.63) is 29.8 Å². The van der Waals surface area contributed by atoms with Crippen LogP contribution in [-0.4, -0.2) is 26.2 Å². The Bertz CT molecular complexity index is 521. The lowest BCUT2D eigenvalue weighted by Crippen LogP contribution is -2.39. The first-order valence-corrected chi connectivity index (χ1v) is 7.86. The molecule has 1 aromatic rings. The number of nitrogens with one attached hydrogen (secondary N) is 2. The molecule has 5 nitrogen and oxygen atoms in total. The van der Waals surface area contributed by atoms with E-state index in [2.05, 4.69) is 10.6 Å². The van der Waals surface area contributed by atoms with E-state index in [0.717, 1.165) is 5.56 Å².